The van der Waals surface area contributed by atoms with Crippen LogP contribution < -0.4 is 11.3 Å². The predicted molar refractivity (Wildman–Crippen MR) is 108 cm³/mol. The molecule has 8 heteroatoms. The fraction of sp³-hybridized carbons (Fsp3) is 0.421. The van der Waals surface area contributed by atoms with Gasteiger partial charge in [-0.2, -0.15) is 0 Å². The summed E-state index contributed by atoms with van der Waals surface area (Å²) < 4.78 is 6.92. The quantitative estimate of drug-likeness (QED) is 0.695. The van der Waals surface area contributed by atoms with E-state index in [-0.39, 0.29) is 42.0 Å². The van der Waals surface area contributed by atoms with E-state index in [0.29, 0.717) is 23.6 Å². The fourth-order valence-corrected chi connectivity index (χ4v) is 2.80. The van der Waals surface area contributed by atoms with Crippen molar-refractivity contribution in [2.75, 3.05) is 13.6 Å². The van der Waals surface area contributed by atoms with E-state index in [2.05, 4.69) is 18.8 Å². The highest BCUT2D eigenvalue weighted by molar-refractivity contribution is 6.01. The molecular weight excluding hydrogens is 368 g/mol. The topological polar surface area (TPSA) is 94.4 Å². The molecule has 0 radical (unpaired) electrons. The number of nitrogens with two attached hydrogens (primary N) is 1. The van der Waals surface area contributed by atoms with Crippen LogP contribution in [0, 0.1) is 5.92 Å². The summed E-state index contributed by atoms with van der Waals surface area (Å²) in [5.41, 5.74) is 6.97. The van der Waals surface area contributed by atoms with Crippen molar-refractivity contribution < 1.29 is 9.21 Å². The van der Waals surface area contributed by atoms with Gasteiger partial charge in [0.2, 0.25) is 11.5 Å². The number of para-hydroxylation sites is 1. The van der Waals surface area contributed by atoms with Crippen molar-refractivity contribution in [3.8, 4) is 0 Å². The lowest BCUT2D eigenvalue weighted by atomic mass is 10.0. The van der Waals surface area contributed by atoms with Crippen molar-refractivity contribution in [2.45, 2.75) is 32.9 Å². The van der Waals surface area contributed by atoms with Gasteiger partial charge < -0.3 is 15.1 Å². The number of carbonyl (C=O) groups excluding carboxylic acids is 1. The molecular formula is C19H25ClN4O3. The van der Waals surface area contributed by atoms with Gasteiger partial charge in [0.1, 0.15) is 17.6 Å². The first-order chi connectivity index (χ1) is 12.4. The highest BCUT2D eigenvalue weighted by atomic mass is 35.5. The minimum Gasteiger partial charge on any atom is -0.448 e. The molecule has 3 rings (SSSR count). The Morgan fingerprint density at radius 1 is 1.33 bits per heavy atom. The number of hydrogen-bond acceptors (Lipinski definition) is 5. The van der Waals surface area contributed by atoms with Crippen LogP contribution in [-0.4, -0.2) is 40.0 Å². The highest BCUT2D eigenvalue weighted by Gasteiger charge is 2.17. The van der Waals surface area contributed by atoms with Crippen LogP contribution in [0.3, 0.4) is 0 Å². The third-order valence-corrected chi connectivity index (χ3v) is 4.74. The van der Waals surface area contributed by atoms with E-state index in [1.807, 2.05) is 18.2 Å². The Labute approximate surface area is 163 Å². The lowest BCUT2D eigenvalue weighted by Crippen LogP contribution is -2.37. The average molecular weight is 393 g/mol. The normalized spacial score (nSPS) is 12.3. The number of nitrogens with zero attached hydrogens (tertiary/aromatic N) is 3. The van der Waals surface area contributed by atoms with Gasteiger partial charge in [0.25, 0.3) is 5.56 Å². The molecule has 1 atom stereocenters. The first-order valence-electron chi connectivity index (χ1n) is 8.74. The van der Waals surface area contributed by atoms with Gasteiger partial charge in [-0.15, -0.1) is 12.4 Å². The van der Waals surface area contributed by atoms with Crippen molar-refractivity contribution in [1.29, 1.82) is 0 Å². The maximum atomic E-state index is 12.7. The van der Waals surface area contributed by atoms with Gasteiger partial charge >= 0.3 is 0 Å². The zero-order valence-corrected chi connectivity index (χ0v) is 16.5. The second-order valence-electron chi connectivity index (χ2n) is 6.97. The molecule has 0 saturated heterocycles. The summed E-state index contributed by atoms with van der Waals surface area (Å²) in [6.07, 6.45) is 2.12. The maximum Gasteiger partial charge on any atom is 0.297 e. The molecule has 1 unspecified atom stereocenters. The molecule has 0 aliphatic carbocycles. The Kier molecular flexibility index (Phi) is 6.62. The molecule has 27 heavy (non-hydrogen) atoms. The lowest BCUT2D eigenvalue weighted by molar-refractivity contribution is -0.130. The second kappa shape index (κ2) is 8.54. The monoisotopic (exact) mass is 392 g/mol. The highest BCUT2D eigenvalue weighted by Crippen LogP contribution is 2.23. The first kappa shape index (κ1) is 20.9. The van der Waals surface area contributed by atoms with Gasteiger partial charge in [-0.05, 0) is 24.5 Å². The van der Waals surface area contributed by atoms with Crippen LogP contribution in [0.25, 0.3) is 22.1 Å². The average Bonchev–Trinajstić information content (AvgIpc) is 3.01. The summed E-state index contributed by atoms with van der Waals surface area (Å²) in [6.45, 7) is 4.58. The number of amides is 1. The summed E-state index contributed by atoms with van der Waals surface area (Å²) in [6, 6.07) is 7.39. The Morgan fingerprint density at radius 2 is 2.04 bits per heavy atom. The summed E-state index contributed by atoms with van der Waals surface area (Å²) >= 11 is 0. The predicted octanol–water partition coefficient (Wildman–Crippen LogP) is 2.40. The van der Waals surface area contributed by atoms with Crippen LogP contribution >= 0.6 is 12.4 Å². The van der Waals surface area contributed by atoms with Crippen molar-refractivity contribution in [3.63, 3.8) is 0 Å². The van der Waals surface area contributed by atoms with Gasteiger partial charge in [0.05, 0.1) is 6.33 Å². The molecule has 146 valence electrons. The van der Waals surface area contributed by atoms with Gasteiger partial charge in [-0.3, -0.25) is 14.2 Å². The van der Waals surface area contributed by atoms with Crippen molar-refractivity contribution in [1.82, 2.24) is 14.5 Å². The molecule has 0 fully saturated rings. The van der Waals surface area contributed by atoms with E-state index in [1.54, 1.807) is 18.0 Å². The minimum absolute atomic E-state index is 0. The summed E-state index contributed by atoms with van der Waals surface area (Å²) in [4.78, 5) is 31.0. The number of fused-ring (bicyclic) bond motifs is 3. The third-order valence-electron chi connectivity index (χ3n) is 4.74. The Balaban J connectivity index is 0.00000261. The number of likely N-dealkylation sites (N-methyl/N-ethyl adjacent to an activating group) is 1. The zero-order valence-electron chi connectivity index (χ0n) is 15.7. The molecule has 0 aliphatic rings. The molecule has 2 N–H and O–H groups in total. The summed E-state index contributed by atoms with van der Waals surface area (Å²) in [5.74, 6) is 0.195. The smallest absolute Gasteiger partial charge is 0.297 e. The number of aromatic nitrogens is 2. The number of hydrogen-bond donors (Lipinski definition) is 1. The van der Waals surface area contributed by atoms with Crippen LogP contribution in [0.2, 0.25) is 0 Å². The maximum absolute atomic E-state index is 12.7. The number of benzene rings is 1. The number of halogens is 1. The van der Waals surface area contributed by atoms with E-state index in [0.717, 1.165) is 11.8 Å². The Bertz CT molecular complexity index is 995. The van der Waals surface area contributed by atoms with Crippen LogP contribution in [0.5, 0.6) is 0 Å². The zero-order chi connectivity index (χ0) is 18.8. The number of rotatable bonds is 6. The third kappa shape index (κ3) is 4.31. The molecule has 0 aliphatic heterocycles. The minimum atomic E-state index is -0.355. The van der Waals surface area contributed by atoms with Crippen molar-refractivity contribution >= 4 is 40.4 Å². The summed E-state index contributed by atoms with van der Waals surface area (Å²) in [5, 5.41) is 0.790. The van der Waals surface area contributed by atoms with E-state index in [1.165, 1.54) is 10.9 Å². The molecule has 0 spiro atoms. The second-order valence-corrected chi connectivity index (χ2v) is 6.97. The van der Waals surface area contributed by atoms with E-state index in [9.17, 15) is 9.59 Å². The van der Waals surface area contributed by atoms with Gasteiger partial charge in [-0.25, -0.2) is 4.98 Å². The number of carbonyl (C=O) groups is 1. The molecule has 2 heterocycles. The molecule has 2 aromatic heterocycles. The van der Waals surface area contributed by atoms with Crippen molar-refractivity contribution in [3.05, 3.63) is 40.9 Å². The molecule has 0 bridgehead atoms. The van der Waals surface area contributed by atoms with Crippen LogP contribution in [0.1, 0.15) is 20.3 Å². The first-order valence-corrected chi connectivity index (χ1v) is 8.74. The fourth-order valence-electron chi connectivity index (χ4n) is 2.80. The Morgan fingerprint density at radius 3 is 2.74 bits per heavy atom. The Hall–Kier alpha value is -2.38. The standard InChI is InChI=1S/C19H24N4O3.ClH/c1-12(2)14(20)8-9-22(3)16(24)10-23-11-21-17-13-6-4-5-7-15(13)26-18(17)19(23)25;/h4-7,11-12,14H,8-10,20H2,1-3H3;1H. The lowest BCUT2D eigenvalue weighted by Gasteiger charge is -2.21. The molecule has 1 aromatic carbocycles. The van der Waals surface area contributed by atoms with Gasteiger partial charge in [-0.1, -0.05) is 26.0 Å². The molecule has 7 nitrogen and oxygen atoms in total. The van der Waals surface area contributed by atoms with E-state index >= 15 is 0 Å². The largest absolute Gasteiger partial charge is 0.448 e. The van der Waals surface area contributed by atoms with Crippen LogP contribution in [0.4, 0.5) is 0 Å². The van der Waals surface area contributed by atoms with Gasteiger partial charge in [0.15, 0.2) is 0 Å². The molecule has 3 aromatic rings. The van der Waals surface area contributed by atoms with E-state index in [4.69, 9.17) is 10.2 Å². The number of furan rings is 1. The van der Waals surface area contributed by atoms with Crippen LogP contribution in [-0.2, 0) is 11.3 Å². The SMILES string of the molecule is CC(C)C(N)CCN(C)C(=O)Cn1cnc2c(oc3ccccc32)c1=O.Cl. The van der Waals surface area contributed by atoms with Crippen LogP contribution in [0.15, 0.2) is 39.8 Å². The summed E-state index contributed by atoms with van der Waals surface area (Å²) in [7, 11) is 1.72. The molecule has 0 saturated carbocycles. The molecule has 1 amide bonds. The van der Waals surface area contributed by atoms with E-state index < -0.39 is 0 Å². The van der Waals surface area contributed by atoms with Crippen molar-refractivity contribution in [2.24, 2.45) is 11.7 Å². The van der Waals surface area contributed by atoms with Gasteiger partial charge in [0, 0.05) is 25.0 Å².